The van der Waals surface area contributed by atoms with Gasteiger partial charge in [-0.05, 0) is 51.4 Å². The van der Waals surface area contributed by atoms with Crippen molar-refractivity contribution >= 4 is 11.9 Å². The molecule has 1 aromatic rings. The standard InChI is InChI=1S/C16H25NO2.C2H2O4/c1-2-18-15-8-6-9-16(14-15)19-13-7-12-17-10-4-3-5-11-17;3-1(4)2(5)6/h6,8-9,14H,2-5,7,10-13H2,1H3;(H,3,4)(H,5,6). The Bertz CT molecular complexity index is 516. The number of ether oxygens (including phenoxy) is 2. The SMILES string of the molecule is CCOc1cccc(OCCCN2CCCCC2)c1.O=C(O)C(=O)O. The quantitative estimate of drug-likeness (QED) is 0.574. The predicted octanol–water partition coefficient (Wildman–Crippen LogP) is 2.50. The van der Waals surface area contributed by atoms with Crippen LogP contribution in [-0.4, -0.2) is 59.9 Å². The van der Waals surface area contributed by atoms with Crippen molar-refractivity contribution in [2.75, 3.05) is 32.8 Å². The summed E-state index contributed by atoms with van der Waals surface area (Å²) >= 11 is 0. The average molecular weight is 353 g/mol. The number of carbonyl (C=O) groups is 2. The van der Waals surface area contributed by atoms with E-state index < -0.39 is 11.9 Å². The fraction of sp³-hybridized carbons (Fsp3) is 0.556. The molecule has 2 rings (SSSR count). The van der Waals surface area contributed by atoms with Gasteiger partial charge < -0.3 is 24.6 Å². The number of hydrogen-bond donors (Lipinski definition) is 2. The highest BCUT2D eigenvalue weighted by Gasteiger charge is 2.09. The van der Waals surface area contributed by atoms with Gasteiger partial charge in [0, 0.05) is 12.6 Å². The van der Waals surface area contributed by atoms with E-state index in [0.717, 1.165) is 31.1 Å². The molecule has 2 N–H and O–H groups in total. The first-order chi connectivity index (χ1) is 12.0. The lowest BCUT2D eigenvalue weighted by molar-refractivity contribution is -0.159. The smallest absolute Gasteiger partial charge is 0.414 e. The molecule has 0 bridgehead atoms. The molecule has 1 aliphatic heterocycles. The van der Waals surface area contributed by atoms with Crippen LogP contribution < -0.4 is 9.47 Å². The number of rotatable bonds is 7. The zero-order valence-electron chi connectivity index (χ0n) is 14.6. The Labute approximate surface area is 148 Å². The first kappa shape index (κ1) is 20.8. The molecule has 1 fully saturated rings. The van der Waals surface area contributed by atoms with Crippen molar-refractivity contribution in [2.45, 2.75) is 32.6 Å². The highest BCUT2D eigenvalue weighted by molar-refractivity contribution is 6.27. The summed E-state index contributed by atoms with van der Waals surface area (Å²) in [4.78, 5) is 20.7. The van der Waals surface area contributed by atoms with Gasteiger partial charge in [-0.3, -0.25) is 0 Å². The number of nitrogens with zero attached hydrogens (tertiary/aromatic N) is 1. The molecule has 1 heterocycles. The molecule has 0 saturated carbocycles. The second-order valence-corrected chi connectivity index (χ2v) is 5.62. The van der Waals surface area contributed by atoms with Gasteiger partial charge in [0.2, 0.25) is 0 Å². The molecule has 140 valence electrons. The van der Waals surface area contributed by atoms with Crippen molar-refractivity contribution in [2.24, 2.45) is 0 Å². The number of carboxylic acids is 2. The monoisotopic (exact) mass is 353 g/mol. The van der Waals surface area contributed by atoms with E-state index in [4.69, 9.17) is 29.3 Å². The van der Waals surface area contributed by atoms with Crippen LogP contribution in [0.4, 0.5) is 0 Å². The lowest BCUT2D eigenvalue weighted by Crippen LogP contribution is -2.31. The van der Waals surface area contributed by atoms with E-state index in [-0.39, 0.29) is 0 Å². The molecule has 1 saturated heterocycles. The van der Waals surface area contributed by atoms with Gasteiger partial charge >= 0.3 is 11.9 Å². The van der Waals surface area contributed by atoms with E-state index >= 15 is 0 Å². The molecule has 0 atom stereocenters. The van der Waals surface area contributed by atoms with Gasteiger partial charge in [0.05, 0.1) is 13.2 Å². The van der Waals surface area contributed by atoms with Crippen molar-refractivity contribution in [1.29, 1.82) is 0 Å². The Morgan fingerprint density at radius 1 is 1.04 bits per heavy atom. The molecule has 0 amide bonds. The maximum Gasteiger partial charge on any atom is 0.414 e. The molecule has 0 aliphatic carbocycles. The maximum absolute atomic E-state index is 9.10. The minimum Gasteiger partial charge on any atom is -0.494 e. The van der Waals surface area contributed by atoms with Crippen LogP contribution in [0.3, 0.4) is 0 Å². The third kappa shape index (κ3) is 9.56. The lowest BCUT2D eigenvalue weighted by atomic mass is 10.1. The number of likely N-dealkylation sites (tertiary alicyclic amines) is 1. The van der Waals surface area contributed by atoms with Crippen LogP contribution in [0.1, 0.15) is 32.6 Å². The maximum atomic E-state index is 9.10. The molecular formula is C18H27NO6. The summed E-state index contributed by atoms with van der Waals surface area (Å²) in [6.07, 6.45) is 5.21. The highest BCUT2D eigenvalue weighted by Crippen LogP contribution is 2.19. The first-order valence-electron chi connectivity index (χ1n) is 8.57. The Balaban J connectivity index is 0.000000450. The number of aliphatic carboxylic acids is 2. The molecule has 0 radical (unpaired) electrons. The second-order valence-electron chi connectivity index (χ2n) is 5.62. The van der Waals surface area contributed by atoms with E-state index in [9.17, 15) is 0 Å². The van der Waals surface area contributed by atoms with E-state index in [1.807, 2.05) is 31.2 Å². The van der Waals surface area contributed by atoms with Gasteiger partial charge in [-0.15, -0.1) is 0 Å². The molecule has 1 aromatic carbocycles. The van der Waals surface area contributed by atoms with Gasteiger partial charge in [0.25, 0.3) is 0 Å². The summed E-state index contributed by atoms with van der Waals surface area (Å²) in [6, 6.07) is 7.89. The lowest BCUT2D eigenvalue weighted by Gasteiger charge is -2.26. The Kier molecular flexibility index (Phi) is 10.1. The average Bonchev–Trinajstić information content (AvgIpc) is 2.61. The van der Waals surface area contributed by atoms with Crippen molar-refractivity contribution in [3.8, 4) is 11.5 Å². The van der Waals surface area contributed by atoms with Crippen LogP contribution in [0.25, 0.3) is 0 Å². The number of benzene rings is 1. The Morgan fingerprint density at radius 3 is 2.20 bits per heavy atom. The van der Waals surface area contributed by atoms with Crippen LogP contribution in [-0.2, 0) is 9.59 Å². The van der Waals surface area contributed by atoms with E-state index in [2.05, 4.69) is 4.90 Å². The normalized spacial score (nSPS) is 14.1. The van der Waals surface area contributed by atoms with E-state index in [1.54, 1.807) is 0 Å². The van der Waals surface area contributed by atoms with Gasteiger partial charge in [-0.2, -0.15) is 0 Å². The molecule has 1 aliphatic rings. The summed E-state index contributed by atoms with van der Waals surface area (Å²) in [5.41, 5.74) is 0. The molecule has 25 heavy (non-hydrogen) atoms. The fourth-order valence-electron chi connectivity index (χ4n) is 2.48. The molecule has 0 aromatic heterocycles. The summed E-state index contributed by atoms with van der Waals surface area (Å²) in [5, 5.41) is 14.8. The summed E-state index contributed by atoms with van der Waals surface area (Å²) in [5.74, 6) is -1.86. The highest BCUT2D eigenvalue weighted by atomic mass is 16.5. The fourth-order valence-corrected chi connectivity index (χ4v) is 2.48. The minimum absolute atomic E-state index is 0.693. The van der Waals surface area contributed by atoms with Gasteiger partial charge in [-0.25, -0.2) is 9.59 Å². The molecule has 0 unspecified atom stereocenters. The van der Waals surface area contributed by atoms with Gasteiger partial charge in [0.15, 0.2) is 0 Å². The van der Waals surface area contributed by atoms with Crippen molar-refractivity contribution in [3.05, 3.63) is 24.3 Å². The van der Waals surface area contributed by atoms with Crippen LogP contribution in [0.5, 0.6) is 11.5 Å². The van der Waals surface area contributed by atoms with Gasteiger partial charge in [0.1, 0.15) is 11.5 Å². The van der Waals surface area contributed by atoms with Crippen molar-refractivity contribution in [1.82, 2.24) is 4.90 Å². The van der Waals surface area contributed by atoms with Gasteiger partial charge in [-0.1, -0.05) is 12.5 Å². The number of piperidine rings is 1. The molecular weight excluding hydrogens is 326 g/mol. The van der Waals surface area contributed by atoms with Crippen molar-refractivity contribution in [3.63, 3.8) is 0 Å². The first-order valence-corrected chi connectivity index (χ1v) is 8.57. The summed E-state index contributed by atoms with van der Waals surface area (Å²) in [7, 11) is 0. The molecule has 7 heteroatoms. The second kappa shape index (κ2) is 12.1. The van der Waals surface area contributed by atoms with Crippen molar-refractivity contribution < 1.29 is 29.3 Å². The summed E-state index contributed by atoms with van der Waals surface area (Å²) in [6.45, 7) is 7.15. The number of carboxylic acid groups (broad SMARTS) is 2. The van der Waals surface area contributed by atoms with Crippen LogP contribution in [0.2, 0.25) is 0 Å². The van der Waals surface area contributed by atoms with Crippen LogP contribution >= 0.6 is 0 Å². The largest absolute Gasteiger partial charge is 0.494 e. The van der Waals surface area contributed by atoms with Crippen LogP contribution in [0, 0.1) is 0 Å². The molecule has 7 nitrogen and oxygen atoms in total. The molecule has 0 spiro atoms. The summed E-state index contributed by atoms with van der Waals surface area (Å²) < 4.78 is 11.2. The number of hydrogen-bond acceptors (Lipinski definition) is 5. The van der Waals surface area contributed by atoms with E-state index in [0.29, 0.717) is 6.61 Å². The zero-order valence-corrected chi connectivity index (χ0v) is 14.6. The van der Waals surface area contributed by atoms with Crippen LogP contribution in [0.15, 0.2) is 24.3 Å². The Hall–Kier alpha value is -2.28. The zero-order chi connectivity index (χ0) is 18.5. The Morgan fingerprint density at radius 2 is 1.64 bits per heavy atom. The topological polar surface area (TPSA) is 96.3 Å². The predicted molar refractivity (Wildman–Crippen MR) is 93.3 cm³/mol. The van der Waals surface area contributed by atoms with E-state index in [1.165, 1.54) is 32.4 Å². The third-order valence-electron chi connectivity index (χ3n) is 3.64. The third-order valence-corrected chi connectivity index (χ3v) is 3.64. The minimum atomic E-state index is -1.82.